The number of Topliss-reactive ketones (excluding diaryl/α,β-unsaturated/α-hetero) is 1. The maximum atomic E-state index is 12.5. The van der Waals surface area contributed by atoms with Gasteiger partial charge in [-0.25, -0.2) is 8.78 Å². The first-order valence-corrected chi connectivity index (χ1v) is 4.37. The van der Waals surface area contributed by atoms with Crippen LogP contribution in [0.25, 0.3) is 0 Å². The molecular formula is C9H10F2N2O3. The Morgan fingerprint density at radius 3 is 2.69 bits per heavy atom. The van der Waals surface area contributed by atoms with E-state index in [1.165, 1.54) is 7.05 Å². The summed E-state index contributed by atoms with van der Waals surface area (Å²) in [5.41, 5.74) is -0.862. The third-order valence-corrected chi connectivity index (χ3v) is 1.90. The third-order valence-electron chi connectivity index (χ3n) is 1.90. The first kappa shape index (κ1) is 12.3. The lowest BCUT2D eigenvalue weighted by Crippen LogP contribution is -2.10. The number of alkyl halides is 2. The zero-order chi connectivity index (χ0) is 12.3. The molecule has 1 rings (SSSR count). The van der Waals surface area contributed by atoms with Crippen molar-refractivity contribution < 1.29 is 23.1 Å². The summed E-state index contributed by atoms with van der Waals surface area (Å²) in [5, 5.41) is 3.46. The van der Waals surface area contributed by atoms with Gasteiger partial charge in [0.1, 0.15) is 12.1 Å². The highest BCUT2D eigenvalue weighted by Gasteiger charge is 2.24. The van der Waals surface area contributed by atoms with Gasteiger partial charge >= 0.3 is 5.97 Å². The SMILES string of the molecule is COC(=O)CC(=O)c1cn(C)nc1C(F)F. The van der Waals surface area contributed by atoms with E-state index in [1.807, 2.05) is 0 Å². The highest BCUT2D eigenvalue weighted by atomic mass is 19.3. The molecule has 0 N–H and O–H groups in total. The third kappa shape index (κ3) is 2.62. The molecule has 0 aliphatic rings. The van der Waals surface area contributed by atoms with Crippen LogP contribution in [0.3, 0.4) is 0 Å². The van der Waals surface area contributed by atoms with E-state index in [4.69, 9.17) is 0 Å². The zero-order valence-corrected chi connectivity index (χ0v) is 8.74. The van der Waals surface area contributed by atoms with Gasteiger partial charge in [-0.05, 0) is 0 Å². The average Bonchev–Trinajstić information content (AvgIpc) is 2.60. The Morgan fingerprint density at radius 1 is 1.56 bits per heavy atom. The molecule has 16 heavy (non-hydrogen) atoms. The van der Waals surface area contributed by atoms with Crippen molar-refractivity contribution in [2.75, 3.05) is 7.11 Å². The molecule has 0 radical (unpaired) electrons. The summed E-state index contributed by atoms with van der Waals surface area (Å²) in [7, 11) is 2.54. The van der Waals surface area contributed by atoms with Gasteiger partial charge in [0.2, 0.25) is 0 Å². The number of esters is 1. The Morgan fingerprint density at radius 2 is 2.19 bits per heavy atom. The summed E-state index contributed by atoms with van der Waals surface area (Å²) in [6.45, 7) is 0. The van der Waals surface area contributed by atoms with Gasteiger partial charge < -0.3 is 4.74 Å². The van der Waals surface area contributed by atoms with Gasteiger partial charge in [-0.1, -0.05) is 0 Å². The predicted molar refractivity (Wildman–Crippen MR) is 49.1 cm³/mol. The number of hydrogen-bond donors (Lipinski definition) is 0. The van der Waals surface area contributed by atoms with Crippen LogP contribution in [0.5, 0.6) is 0 Å². The molecule has 0 aromatic carbocycles. The van der Waals surface area contributed by atoms with E-state index >= 15 is 0 Å². The van der Waals surface area contributed by atoms with Gasteiger partial charge in [-0.2, -0.15) is 5.10 Å². The molecule has 0 saturated heterocycles. The van der Waals surface area contributed by atoms with Gasteiger partial charge in [-0.15, -0.1) is 0 Å². The van der Waals surface area contributed by atoms with Crippen LogP contribution in [0.15, 0.2) is 6.20 Å². The van der Waals surface area contributed by atoms with E-state index in [9.17, 15) is 18.4 Å². The molecule has 0 atom stereocenters. The molecular weight excluding hydrogens is 222 g/mol. The van der Waals surface area contributed by atoms with Crippen LogP contribution in [0, 0.1) is 0 Å². The number of ether oxygens (including phenoxy) is 1. The van der Waals surface area contributed by atoms with Crippen LogP contribution in [0.4, 0.5) is 8.78 Å². The van der Waals surface area contributed by atoms with E-state index < -0.39 is 30.3 Å². The fourth-order valence-electron chi connectivity index (χ4n) is 1.18. The van der Waals surface area contributed by atoms with Crippen LogP contribution in [0.1, 0.15) is 28.9 Å². The maximum Gasteiger partial charge on any atom is 0.313 e. The summed E-state index contributed by atoms with van der Waals surface area (Å²) in [5.74, 6) is -1.50. The molecule has 0 saturated carbocycles. The molecule has 0 aliphatic heterocycles. The average molecular weight is 232 g/mol. The van der Waals surface area contributed by atoms with Gasteiger partial charge in [0.15, 0.2) is 5.78 Å². The molecule has 88 valence electrons. The standard InChI is InChI=1S/C9H10F2N2O3/c1-13-4-5(8(12-13)9(10)11)6(14)3-7(15)16-2/h4,9H,3H2,1-2H3. The highest BCUT2D eigenvalue weighted by Crippen LogP contribution is 2.22. The van der Waals surface area contributed by atoms with Crippen molar-refractivity contribution >= 4 is 11.8 Å². The molecule has 1 heterocycles. The van der Waals surface area contributed by atoms with Crippen molar-refractivity contribution in [3.63, 3.8) is 0 Å². The van der Waals surface area contributed by atoms with Crippen molar-refractivity contribution in [2.24, 2.45) is 7.05 Å². The number of aryl methyl sites for hydroxylation is 1. The number of methoxy groups -OCH3 is 1. The summed E-state index contributed by atoms with van der Waals surface area (Å²) >= 11 is 0. The topological polar surface area (TPSA) is 61.2 Å². The minimum atomic E-state index is -2.85. The fraction of sp³-hybridized carbons (Fsp3) is 0.444. The first-order chi connectivity index (χ1) is 7.45. The molecule has 0 unspecified atom stereocenters. The molecule has 1 aromatic rings. The second-order valence-corrected chi connectivity index (χ2v) is 3.08. The Hall–Kier alpha value is -1.79. The molecule has 5 nitrogen and oxygen atoms in total. The molecule has 7 heteroatoms. The quantitative estimate of drug-likeness (QED) is 0.443. The lowest BCUT2D eigenvalue weighted by Gasteiger charge is -1.99. The molecule has 0 fully saturated rings. The monoisotopic (exact) mass is 232 g/mol. The largest absolute Gasteiger partial charge is 0.469 e. The lowest BCUT2D eigenvalue weighted by molar-refractivity contribution is -0.139. The van der Waals surface area contributed by atoms with Crippen molar-refractivity contribution in [1.82, 2.24) is 9.78 Å². The number of carbonyl (C=O) groups is 2. The van der Waals surface area contributed by atoms with E-state index in [2.05, 4.69) is 9.84 Å². The number of carbonyl (C=O) groups excluding carboxylic acids is 2. The van der Waals surface area contributed by atoms with Crippen LogP contribution >= 0.6 is 0 Å². The number of halogens is 2. The number of aromatic nitrogens is 2. The van der Waals surface area contributed by atoms with E-state index in [1.54, 1.807) is 0 Å². The Labute approximate surface area is 90.0 Å². The number of nitrogens with zero attached hydrogens (tertiary/aromatic N) is 2. The summed E-state index contributed by atoms with van der Waals surface area (Å²) in [6, 6.07) is 0. The summed E-state index contributed by atoms with van der Waals surface area (Å²) in [4.78, 5) is 22.3. The van der Waals surface area contributed by atoms with Crippen molar-refractivity contribution in [3.8, 4) is 0 Å². The maximum absolute atomic E-state index is 12.5. The van der Waals surface area contributed by atoms with Crippen molar-refractivity contribution in [3.05, 3.63) is 17.5 Å². The second kappa shape index (κ2) is 4.82. The van der Waals surface area contributed by atoms with Crippen LogP contribution in [-0.2, 0) is 16.6 Å². The van der Waals surface area contributed by atoms with E-state index in [-0.39, 0.29) is 5.56 Å². The van der Waals surface area contributed by atoms with E-state index in [0.717, 1.165) is 18.0 Å². The van der Waals surface area contributed by atoms with Crippen LogP contribution < -0.4 is 0 Å². The fourth-order valence-corrected chi connectivity index (χ4v) is 1.18. The summed E-state index contributed by atoms with van der Waals surface area (Å²) in [6.07, 6.45) is -2.26. The van der Waals surface area contributed by atoms with Crippen molar-refractivity contribution in [1.29, 1.82) is 0 Å². The van der Waals surface area contributed by atoms with Gasteiger partial charge in [-0.3, -0.25) is 14.3 Å². The molecule has 0 aliphatic carbocycles. The minimum Gasteiger partial charge on any atom is -0.469 e. The molecule has 1 aromatic heterocycles. The van der Waals surface area contributed by atoms with Crippen LogP contribution in [-0.4, -0.2) is 28.6 Å². The molecule has 0 spiro atoms. The highest BCUT2D eigenvalue weighted by molar-refractivity contribution is 6.06. The molecule has 0 bridgehead atoms. The second-order valence-electron chi connectivity index (χ2n) is 3.08. The molecule has 0 amide bonds. The minimum absolute atomic E-state index is 0.247. The van der Waals surface area contributed by atoms with Gasteiger partial charge in [0, 0.05) is 13.2 Å². The smallest absolute Gasteiger partial charge is 0.313 e. The van der Waals surface area contributed by atoms with E-state index in [0.29, 0.717) is 0 Å². The number of ketones is 1. The predicted octanol–water partition coefficient (Wildman–Crippen LogP) is 1.10. The first-order valence-electron chi connectivity index (χ1n) is 4.37. The lowest BCUT2D eigenvalue weighted by atomic mass is 10.1. The number of rotatable bonds is 4. The van der Waals surface area contributed by atoms with Gasteiger partial charge in [0.05, 0.1) is 12.7 Å². The number of hydrogen-bond acceptors (Lipinski definition) is 4. The summed E-state index contributed by atoms with van der Waals surface area (Å²) < 4.78 is 30.3. The van der Waals surface area contributed by atoms with Gasteiger partial charge in [0.25, 0.3) is 6.43 Å². The van der Waals surface area contributed by atoms with Crippen molar-refractivity contribution in [2.45, 2.75) is 12.8 Å². The van der Waals surface area contributed by atoms with Crippen LogP contribution in [0.2, 0.25) is 0 Å². The Bertz CT molecular complexity index is 415. The Kier molecular flexibility index (Phi) is 3.70. The normalized spacial score (nSPS) is 10.6. The Balaban J connectivity index is 2.94. The zero-order valence-electron chi connectivity index (χ0n) is 8.74.